The Kier molecular flexibility index (Phi) is 6.27. The first kappa shape index (κ1) is 21.6. The molecule has 4 rings (SSSR count). The van der Waals surface area contributed by atoms with Crippen molar-refractivity contribution in [2.24, 2.45) is 0 Å². The lowest BCUT2D eigenvalue weighted by Crippen LogP contribution is -2.29. The summed E-state index contributed by atoms with van der Waals surface area (Å²) in [5, 5.41) is 7.36. The number of benzene rings is 2. The normalized spacial score (nSPS) is 11.1. The number of nitrogens with zero attached hydrogens (tertiary/aromatic N) is 4. The second-order valence-corrected chi connectivity index (χ2v) is 7.55. The van der Waals surface area contributed by atoms with E-state index in [0.29, 0.717) is 16.6 Å². The minimum atomic E-state index is -0.538. The summed E-state index contributed by atoms with van der Waals surface area (Å²) >= 11 is 5.95. The predicted octanol–water partition coefficient (Wildman–Crippen LogP) is 2.93. The van der Waals surface area contributed by atoms with Gasteiger partial charge in [0.25, 0.3) is 5.56 Å². The maximum Gasteiger partial charge on any atom is 0.264 e. The number of amides is 1. The molecule has 0 saturated carbocycles. The molecule has 0 radical (unpaired) electrons. The van der Waals surface area contributed by atoms with Gasteiger partial charge in [-0.1, -0.05) is 29.8 Å². The first-order valence-electron chi connectivity index (χ1n) is 9.77. The van der Waals surface area contributed by atoms with E-state index in [2.05, 4.69) is 15.4 Å². The van der Waals surface area contributed by atoms with E-state index in [1.807, 2.05) is 0 Å². The Hall–Kier alpha value is -3.59. The predicted molar refractivity (Wildman–Crippen MR) is 115 cm³/mol. The standard InChI is InChI=1S/C22H18ClF2N5O2/c23-18-5-2-6-19(25)16(18)10-20(31)26-7-8-30-21-17(11-28-30)22(32)29(13-27-21)12-14-3-1-4-15(24)9-14/h1-6,9,11,13H,7-8,10,12H2,(H,26,31). The molecule has 0 atom stereocenters. The lowest BCUT2D eigenvalue weighted by atomic mass is 10.1. The summed E-state index contributed by atoms with van der Waals surface area (Å²) in [6.45, 7) is 0.649. The van der Waals surface area contributed by atoms with E-state index in [1.165, 1.54) is 52.1 Å². The third kappa shape index (κ3) is 4.67. The molecule has 7 nitrogen and oxygen atoms in total. The maximum absolute atomic E-state index is 13.8. The van der Waals surface area contributed by atoms with Gasteiger partial charge in [0.15, 0.2) is 5.65 Å². The smallest absolute Gasteiger partial charge is 0.264 e. The van der Waals surface area contributed by atoms with Gasteiger partial charge in [0, 0.05) is 17.1 Å². The van der Waals surface area contributed by atoms with Crippen molar-refractivity contribution in [3.8, 4) is 0 Å². The van der Waals surface area contributed by atoms with Crippen LogP contribution in [0.15, 0.2) is 59.8 Å². The number of fused-ring (bicyclic) bond motifs is 1. The van der Waals surface area contributed by atoms with Crippen LogP contribution in [-0.4, -0.2) is 31.8 Å². The minimum absolute atomic E-state index is 0.136. The molecule has 0 fully saturated rings. The van der Waals surface area contributed by atoms with E-state index in [0.717, 1.165) is 0 Å². The molecule has 0 spiro atoms. The van der Waals surface area contributed by atoms with Crippen LogP contribution in [0.4, 0.5) is 8.78 Å². The second kappa shape index (κ2) is 9.27. The van der Waals surface area contributed by atoms with Gasteiger partial charge in [0.2, 0.25) is 5.91 Å². The van der Waals surface area contributed by atoms with Crippen molar-refractivity contribution in [2.45, 2.75) is 19.5 Å². The zero-order valence-corrected chi connectivity index (χ0v) is 17.5. The zero-order chi connectivity index (χ0) is 22.7. The van der Waals surface area contributed by atoms with Crippen LogP contribution in [0.2, 0.25) is 5.02 Å². The third-order valence-corrected chi connectivity index (χ3v) is 5.26. The molecule has 2 aromatic heterocycles. The number of hydrogen-bond acceptors (Lipinski definition) is 4. The highest BCUT2D eigenvalue weighted by atomic mass is 35.5. The average molecular weight is 458 g/mol. The van der Waals surface area contributed by atoms with Crippen molar-refractivity contribution in [3.63, 3.8) is 0 Å². The van der Waals surface area contributed by atoms with Crippen LogP contribution in [-0.2, 0) is 24.3 Å². The highest BCUT2D eigenvalue weighted by molar-refractivity contribution is 6.31. The first-order chi connectivity index (χ1) is 15.4. The van der Waals surface area contributed by atoms with Gasteiger partial charge in [-0.25, -0.2) is 18.4 Å². The number of hydrogen-bond donors (Lipinski definition) is 1. The molecule has 2 aromatic carbocycles. The Balaban J connectivity index is 1.41. The topological polar surface area (TPSA) is 81.8 Å². The molecule has 0 aliphatic rings. The van der Waals surface area contributed by atoms with Gasteiger partial charge >= 0.3 is 0 Å². The van der Waals surface area contributed by atoms with Crippen LogP contribution in [0.5, 0.6) is 0 Å². The van der Waals surface area contributed by atoms with Crippen LogP contribution >= 0.6 is 11.6 Å². The summed E-state index contributed by atoms with van der Waals surface area (Å²) in [5.74, 6) is -1.31. The van der Waals surface area contributed by atoms with Crippen LogP contribution < -0.4 is 10.9 Å². The van der Waals surface area contributed by atoms with E-state index in [1.54, 1.807) is 12.1 Å². The fourth-order valence-electron chi connectivity index (χ4n) is 3.33. The molecular formula is C22H18ClF2N5O2. The van der Waals surface area contributed by atoms with Gasteiger partial charge in [-0.05, 0) is 29.8 Å². The SMILES string of the molecule is O=C(Cc1c(F)cccc1Cl)NCCn1ncc2c(=O)n(Cc3cccc(F)c3)cnc21. The molecule has 0 unspecified atom stereocenters. The molecule has 2 heterocycles. The van der Waals surface area contributed by atoms with Crippen LogP contribution in [0.1, 0.15) is 11.1 Å². The Bertz CT molecular complexity index is 1330. The minimum Gasteiger partial charge on any atom is -0.354 e. The van der Waals surface area contributed by atoms with Gasteiger partial charge in [0.05, 0.1) is 25.7 Å². The summed E-state index contributed by atoms with van der Waals surface area (Å²) in [6, 6.07) is 10.2. The Labute approximate surface area is 186 Å². The van der Waals surface area contributed by atoms with Crippen molar-refractivity contribution in [1.82, 2.24) is 24.6 Å². The highest BCUT2D eigenvalue weighted by Gasteiger charge is 2.13. The Morgan fingerprint density at radius 2 is 1.97 bits per heavy atom. The van der Waals surface area contributed by atoms with E-state index < -0.39 is 5.82 Å². The summed E-state index contributed by atoms with van der Waals surface area (Å²) in [4.78, 5) is 29.2. The van der Waals surface area contributed by atoms with Gasteiger partial charge in [0.1, 0.15) is 23.3 Å². The Morgan fingerprint density at radius 3 is 2.75 bits per heavy atom. The zero-order valence-electron chi connectivity index (χ0n) is 16.8. The lowest BCUT2D eigenvalue weighted by molar-refractivity contribution is -0.120. The molecule has 0 aliphatic carbocycles. The number of rotatable bonds is 7. The van der Waals surface area contributed by atoms with E-state index in [-0.39, 0.29) is 53.9 Å². The van der Waals surface area contributed by atoms with Crippen molar-refractivity contribution in [3.05, 3.63) is 93.1 Å². The quantitative estimate of drug-likeness (QED) is 0.462. The lowest BCUT2D eigenvalue weighted by Gasteiger charge is -2.09. The number of carbonyl (C=O) groups is 1. The molecule has 1 N–H and O–H groups in total. The number of nitrogens with one attached hydrogen (secondary N) is 1. The number of carbonyl (C=O) groups excluding carboxylic acids is 1. The molecule has 164 valence electrons. The van der Waals surface area contributed by atoms with Crippen LogP contribution in [0, 0.1) is 11.6 Å². The number of aromatic nitrogens is 4. The van der Waals surface area contributed by atoms with Gasteiger partial charge in [-0.15, -0.1) is 0 Å². The van der Waals surface area contributed by atoms with E-state index >= 15 is 0 Å². The van der Waals surface area contributed by atoms with Crippen LogP contribution in [0.25, 0.3) is 11.0 Å². The highest BCUT2D eigenvalue weighted by Crippen LogP contribution is 2.19. The number of halogens is 3. The third-order valence-electron chi connectivity index (χ3n) is 4.91. The molecule has 0 aliphatic heterocycles. The van der Waals surface area contributed by atoms with Crippen molar-refractivity contribution >= 4 is 28.5 Å². The fourth-order valence-corrected chi connectivity index (χ4v) is 3.56. The molecule has 32 heavy (non-hydrogen) atoms. The van der Waals surface area contributed by atoms with E-state index in [4.69, 9.17) is 11.6 Å². The Morgan fingerprint density at radius 1 is 1.16 bits per heavy atom. The monoisotopic (exact) mass is 457 g/mol. The largest absolute Gasteiger partial charge is 0.354 e. The van der Waals surface area contributed by atoms with Crippen molar-refractivity contribution in [2.75, 3.05) is 6.54 Å². The van der Waals surface area contributed by atoms with E-state index in [9.17, 15) is 18.4 Å². The summed E-state index contributed by atoms with van der Waals surface area (Å²) in [6.07, 6.45) is 2.61. The van der Waals surface area contributed by atoms with Gasteiger partial charge < -0.3 is 5.32 Å². The molecule has 10 heteroatoms. The first-order valence-corrected chi connectivity index (χ1v) is 10.1. The van der Waals surface area contributed by atoms with Gasteiger partial charge in [-0.2, -0.15) is 5.10 Å². The maximum atomic E-state index is 13.8. The molecule has 1 amide bonds. The molecule has 0 bridgehead atoms. The molecular weight excluding hydrogens is 440 g/mol. The van der Waals surface area contributed by atoms with Crippen LogP contribution in [0.3, 0.4) is 0 Å². The molecule has 4 aromatic rings. The summed E-state index contributed by atoms with van der Waals surface area (Å²) < 4.78 is 30.1. The molecule has 0 saturated heterocycles. The summed E-state index contributed by atoms with van der Waals surface area (Å²) in [7, 11) is 0. The average Bonchev–Trinajstić information content (AvgIpc) is 3.17. The summed E-state index contributed by atoms with van der Waals surface area (Å²) in [5.41, 5.74) is 0.843. The second-order valence-electron chi connectivity index (χ2n) is 7.14. The van der Waals surface area contributed by atoms with Crippen molar-refractivity contribution < 1.29 is 13.6 Å². The van der Waals surface area contributed by atoms with Crippen molar-refractivity contribution in [1.29, 1.82) is 0 Å². The fraction of sp³-hybridized carbons (Fsp3) is 0.182. The van der Waals surface area contributed by atoms with Gasteiger partial charge in [-0.3, -0.25) is 14.2 Å².